The first kappa shape index (κ1) is 22.5. The van der Waals surface area contributed by atoms with Crippen molar-refractivity contribution in [2.45, 2.75) is 52.2 Å². The summed E-state index contributed by atoms with van der Waals surface area (Å²) in [5.74, 6) is 2.34. The van der Waals surface area contributed by atoms with Crippen LogP contribution in [0.2, 0.25) is 0 Å². The van der Waals surface area contributed by atoms with Gasteiger partial charge < -0.3 is 24.8 Å². The molecule has 6 heteroatoms. The van der Waals surface area contributed by atoms with Crippen LogP contribution in [0.1, 0.15) is 44.2 Å². The second-order valence-corrected chi connectivity index (χ2v) is 7.92. The highest BCUT2D eigenvalue weighted by Gasteiger charge is 2.32. The van der Waals surface area contributed by atoms with E-state index in [0.717, 1.165) is 56.4 Å². The molecule has 1 fully saturated rings. The molecule has 1 aromatic rings. The van der Waals surface area contributed by atoms with Crippen LogP contribution in [-0.4, -0.2) is 52.1 Å². The van der Waals surface area contributed by atoms with Crippen molar-refractivity contribution in [2.24, 2.45) is 10.9 Å². The maximum Gasteiger partial charge on any atom is 0.191 e. The lowest BCUT2D eigenvalue weighted by atomic mass is 9.94. The van der Waals surface area contributed by atoms with Gasteiger partial charge in [-0.05, 0) is 30.9 Å². The van der Waals surface area contributed by atoms with Crippen molar-refractivity contribution >= 4 is 5.96 Å². The second kappa shape index (κ2) is 11.3. The van der Waals surface area contributed by atoms with Gasteiger partial charge in [0.25, 0.3) is 0 Å². The van der Waals surface area contributed by atoms with Gasteiger partial charge in [-0.25, -0.2) is 0 Å². The highest BCUT2D eigenvalue weighted by atomic mass is 16.5. The average Bonchev–Trinajstić information content (AvgIpc) is 2.69. The Morgan fingerprint density at radius 3 is 2.64 bits per heavy atom. The van der Waals surface area contributed by atoms with Gasteiger partial charge in [0.2, 0.25) is 0 Å². The molecule has 1 aromatic carbocycles. The quantitative estimate of drug-likeness (QED) is 0.500. The Balaban J connectivity index is 1.91. The number of aryl methyl sites for hydroxylation is 1. The predicted octanol–water partition coefficient (Wildman–Crippen LogP) is 3.28. The second-order valence-electron chi connectivity index (χ2n) is 7.92. The Morgan fingerprint density at radius 2 is 2.00 bits per heavy atom. The molecule has 0 saturated carbocycles. The lowest BCUT2D eigenvalue weighted by molar-refractivity contribution is -0.0855. The maximum absolute atomic E-state index is 6.05. The fourth-order valence-electron chi connectivity index (χ4n) is 3.19. The molecule has 6 nitrogen and oxygen atoms in total. The molecule has 1 heterocycles. The summed E-state index contributed by atoms with van der Waals surface area (Å²) in [5.41, 5.74) is 2.14. The Labute approximate surface area is 170 Å². The molecule has 0 atom stereocenters. The number of hydrogen-bond acceptors (Lipinski definition) is 4. The van der Waals surface area contributed by atoms with Crippen LogP contribution in [-0.2, 0) is 16.0 Å². The van der Waals surface area contributed by atoms with E-state index in [1.807, 2.05) is 0 Å². The van der Waals surface area contributed by atoms with E-state index in [4.69, 9.17) is 14.2 Å². The van der Waals surface area contributed by atoms with Gasteiger partial charge in [0.05, 0.1) is 12.2 Å². The molecule has 0 aliphatic carbocycles. The van der Waals surface area contributed by atoms with Gasteiger partial charge in [-0.2, -0.15) is 0 Å². The van der Waals surface area contributed by atoms with E-state index in [-0.39, 0.29) is 5.60 Å². The summed E-state index contributed by atoms with van der Waals surface area (Å²) < 4.78 is 17.3. The van der Waals surface area contributed by atoms with E-state index in [9.17, 15) is 0 Å². The average molecular weight is 392 g/mol. The van der Waals surface area contributed by atoms with Crippen molar-refractivity contribution in [2.75, 3.05) is 40.5 Å². The standard InChI is InChI=1S/C22H37N3O3/c1-17(2)8-11-28-20-14-18(3)6-7-19(20)15-24-21(23-4)25-16-22(26-5)9-12-27-13-10-22/h6-7,14,17H,8-13,15-16H2,1-5H3,(H2,23,24,25). The van der Waals surface area contributed by atoms with Gasteiger partial charge in [-0.1, -0.05) is 26.0 Å². The fourth-order valence-corrected chi connectivity index (χ4v) is 3.19. The number of hydrogen-bond donors (Lipinski definition) is 2. The SMILES string of the molecule is CN=C(NCc1ccc(C)cc1OCCC(C)C)NCC1(OC)CCOCC1. The number of benzene rings is 1. The van der Waals surface area contributed by atoms with Gasteiger partial charge in [0, 0.05) is 58.9 Å². The molecule has 1 aliphatic rings. The molecule has 0 aromatic heterocycles. The van der Waals surface area contributed by atoms with Crippen LogP contribution in [0.15, 0.2) is 23.2 Å². The zero-order valence-corrected chi connectivity index (χ0v) is 18.1. The van der Waals surface area contributed by atoms with Crippen LogP contribution in [0.25, 0.3) is 0 Å². The fraction of sp³-hybridized carbons (Fsp3) is 0.682. The summed E-state index contributed by atoms with van der Waals surface area (Å²) in [5, 5.41) is 6.81. The van der Waals surface area contributed by atoms with Crippen LogP contribution < -0.4 is 15.4 Å². The minimum atomic E-state index is -0.190. The summed E-state index contributed by atoms with van der Waals surface area (Å²) in [6, 6.07) is 6.34. The van der Waals surface area contributed by atoms with Crippen molar-refractivity contribution in [3.8, 4) is 5.75 Å². The summed E-state index contributed by atoms with van der Waals surface area (Å²) in [6.45, 7) is 10.1. The van der Waals surface area contributed by atoms with Crippen molar-refractivity contribution in [3.63, 3.8) is 0 Å². The van der Waals surface area contributed by atoms with Gasteiger partial charge >= 0.3 is 0 Å². The normalized spacial score (nSPS) is 16.9. The Morgan fingerprint density at radius 1 is 1.25 bits per heavy atom. The third-order valence-electron chi connectivity index (χ3n) is 5.26. The molecule has 158 valence electrons. The Kier molecular flexibility index (Phi) is 9.06. The largest absolute Gasteiger partial charge is 0.493 e. The monoisotopic (exact) mass is 391 g/mol. The zero-order valence-electron chi connectivity index (χ0n) is 18.1. The summed E-state index contributed by atoms with van der Waals surface area (Å²) in [4.78, 5) is 4.35. The lowest BCUT2D eigenvalue weighted by Crippen LogP contribution is -2.50. The number of nitrogens with one attached hydrogen (secondary N) is 2. The molecule has 0 bridgehead atoms. The highest BCUT2D eigenvalue weighted by molar-refractivity contribution is 5.79. The first-order valence-electron chi connectivity index (χ1n) is 10.3. The van der Waals surface area contributed by atoms with Crippen molar-refractivity contribution in [1.82, 2.24) is 10.6 Å². The van der Waals surface area contributed by atoms with E-state index in [1.54, 1.807) is 14.2 Å². The molecule has 0 amide bonds. The van der Waals surface area contributed by atoms with Crippen LogP contribution in [0.4, 0.5) is 0 Å². The zero-order chi connectivity index (χ0) is 20.4. The maximum atomic E-state index is 6.05. The third kappa shape index (κ3) is 6.99. The van der Waals surface area contributed by atoms with E-state index >= 15 is 0 Å². The van der Waals surface area contributed by atoms with Gasteiger partial charge in [0.15, 0.2) is 5.96 Å². The molecular formula is C22H37N3O3. The third-order valence-corrected chi connectivity index (χ3v) is 5.26. The molecule has 2 N–H and O–H groups in total. The van der Waals surface area contributed by atoms with Crippen LogP contribution in [0, 0.1) is 12.8 Å². The van der Waals surface area contributed by atoms with Gasteiger partial charge in [0.1, 0.15) is 5.75 Å². The number of methoxy groups -OCH3 is 1. The van der Waals surface area contributed by atoms with E-state index in [0.29, 0.717) is 19.0 Å². The topological polar surface area (TPSA) is 64.1 Å². The smallest absolute Gasteiger partial charge is 0.191 e. The number of guanidine groups is 1. The number of rotatable bonds is 9. The lowest BCUT2D eigenvalue weighted by Gasteiger charge is -2.36. The molecule has 2 rings (SSSR count). The summed E-state index contributed by atoms with van der Waals surface area (Å²) >= 11 is 0. The molecule has 1 saturated heterocycles. The van der Waals surface area contributed by atoms with E-state index in [1.165, 1.54) is 5.56 Å². The number of ether oxygens (including phenoxy) is 3. The van der Waals surface area contributed by atoms with E-state index in [2.05, 4.69) is 54.6 Å². The van der Waals surface area contributed by atoms with Crippen LogP contribution in [0.3, 0.4) is 0 Å². The summed E-state index contributed by atoms with van der Waals surface area (Å²) in [7, 11) is 3.56. The highest BCUT2D eigenvalue weighted by Crippen LogP contribution is 2.24. The van der Waals surface area contributed by atoms with Gasteiger partial charge in [-0.15, -0.1) is 0 Å². The molecule has 28 heavy (non-hydrogen) atoms. The predicted molar refractivity (Wildman–Crippen MR) is 114 cm³/mol. The van der Waals surface area contributed by atoms with E-state index < -0.39 is 0 Å². The molecule has 0 unspecified atom stereocenters. The molecule has 0 radical (unpaired) electrons. The number of aliphatic imine (C=N–C) groups is 1. The van der Waals surface area contributed by atoms with Crippen LogP contribution in [0.5, 0.6) is 5.75 Å². The first-order valence-corrected chi connectivity index (χ1v) is 10.3. The molecule has 1 aliphatic heterocycles. The molecular weight excluding hydrogens is 354 g/mol. The number of nitrogens with zero attached hydrogens (tertiary/aromatic N) is 1. The van der Waals surface area contributed by atoms with Crippen LogP contribution >= 0.6 is 0 Å². The van der Waals surface area contributed by atoms with Gasteiger partial charge in [-0.3, -0.25) is 4.99 Å². The minimum absolute atomic E-state index is 0.190. The van der Waals surface area contributed by atoms with Crippen molar-refractivity contribution in [1.29, 1.82) is 0 Å². The van der Waals surface area contributed by atoms with Crippen molar-refractivity contribution < 1.29 is 14.2 Å². The Hall–Kier alpha value is -1.79. The van der Waals surface area contributed by atoms with Crippen molar-refractivity contribution in [3.05, 3.63) is 29.3 Å². The summed E-state index contributed by atoms with van der Waals surface area (Å²) in [6.07, 6.45) is 2.82. The first-order chi connectivity index (χ1) is 13.5. The molecule has 0 spiro atoms. The minimum Gasteiger partial charge on any atom is -0.493 e. The Bertz CT molecular complexity index is 625.